The van der Waals surface area contributed by atoms with E-state index < -0.39 is 5.97 Å². The lowest BCUT2D eigenvalue weighted by Gasteiger charge is -1.98. The molecule has 0 saturated carbocycles. The average Bonchev–Trinajstić information content (AvgIpc) is 2.08. The zero-order valence-corrected chi connectivity index (χ0v) is 7.49. The fourth-order valence-corrected chi connectivity index (χ4v) is 1.15. The Morgan fingerprint density at radius 2 is 1.92 bits per heavy atom. The summed E-state index contributed by atoms with van der Waals surface area (Å²) < 4.78 is 0. The van der Waals surface area contributed by atoms with Crippen LogP contribution in [0.1, 0.15) is 18.4 Å². The van der Waals surface area contributed by atoms with Crippen molar-refractivity contribution in [1.29, 1.82) is 0 Å². The van der Waals surface area contributed by atoms with Gasteiger partial charge in [-0.15, -0.1) is 0 Å². The van der Waals surface area contributed by atoms with Gasteiger partial charge < -0.3 is 10.8 Å². The van der Waals surface area contributed by atoms with E-state index in [0.29, 0.717) is 6.42 Å². The highest BCUT2D eigenvalue weighted by Gasteiger charge is 1.98. The number of hydrogen-bond donors (Lipinski definition) is 2. The number of carboxylic acid groups (broad SMARTS) is 1. The van der Waals surface area contributed by atoms with Crippen molar-refractivity contribution in [2.45, 2.75) is 19.3 Å². The van der Waals surface area contributed by atoms with Gasteiger partial charge in [-0.25, -0.2) is 0 Å². The molecule has 0 fully saturated rings. The van der Waals surface area contributed by atoms with E-state index in [1.807, 2.05) is 24.3 Å². The molecule has 0 aliphatic carbocycles. The Labute approximate surface area is 77.2 Å². The van der Waals surface area contributed by atoms with E-state index in [1.54, 1.807) is 0 Å². The maximum absolute atomic E-state index is 10.2. The predicted molar refractivity (Wildman–Crippen MR) is 49.6 cm³/mol. The van der Waals surface area contributed by atoms with E-state index >= 15 is 0 Å². The van der Waals surface area contributed by atoms with Gasteiger partial charge in [-0.2, -0.15) is 0 Å². The SMILES string of the molecule is [NH3+]c1ccc(CCCC(=O)O)cc1. The molecule has 4 N–H and O–H groups in total. The summed E-state index contributed by atoms with van der Waals surface area (Å²) in [7, 11) is 0. The first-order chi connectivity index (χ1) is 6.18. The summed E-state index contributed by atoms with van der Waals surface area (Å²) in [5.74, 6) is -0.728. The first kappa shape index (κ1) is 9.74. The Bertz CT molecular complexity index is 279. The van der Waals surface area contributed by atoms with Crippen molar-refractivity contribution in [3.05, 3.63) is 29.8 Å². The summed E-state index contributed by atoms with van der Waals surface area (Å²) in [6, 6.07) is 7.86. The number of aryl methyl sites for hydroxylation is 1. The number of quaternary nitrogens is 1. The van der Waals surface area contributed by atoms with Crippen molar-refractivity contribution in [2.24, 2.45) is 0 Å². The van der Waals surface area contributed by atoms with Crippen LogP contribution in [0.15, 0.2) is 24.3 Å². The molecule has 0 heterocycles. The van der Waals surface area contributed by atoms with Crippen LogP contribution in [0.2, 0.25) is 0 Å². The number of carboxylic acids is 1. The third kappa shape index (κ3) is 3.71. The molecule has 3 nitrogen and oxygen atoms in total. The molecule has 0 atom stereocenters. The lowest BCUT2D eigenvalue weighted by Crippen LogP contribution is -2.39. The Balaban J connectivity index is 2.37. The third-order valence-corrected chi connectivity index (χ3v) is 1.88. The second kappa shape index (κ2) is 4.62. The molecular weight excluding hydrogens is 166 g/mol. The molecule has 70 valence electrons. The molecule has 1 aromatic carbocycles. The fraction of sp³-hybridized carbons (Fsp3) is 0.300. The van der Waals surface area contributed by atoms with Crippen LogP contribution >= 0.6 is 0 Å². The van der Waals surface area contributed by atoms with Crippen molar-refractivity contribution in [3.8, 4) is 0 Å². The van der Waals surface area contributed by atoms with Gasteiger partial charge in [0.05, 0.1) is 0 Å². The third-order valence-electron chi connectivity index (χ3n) is 1.88. The topological polar surface area (TPSA) is 64.9 Å². The van der Waals surface area contributed by atoms with Gasteiger partial charge in [0.15, 0.2) is 0 Å². The molecule has 0 aromatic heterocycles. The summed E-state index contributed by atoms with van der Waals surface area (Å²) in [6.45, 7) is 0. The first-order valence-corrected chi connectivity index (χ1v) is 4.31. The van der Waals surface area contributed by atoms with Crippen LogP contribution in [0.3, 0.4) is 0 Å². The Kier molecular flexibility index (Phi) is 3.46. The van der Waals surface area contributed by atoms with Gasteiger partial charge in [-0.1, -0.05) is 12.1 Å². The molecule has 1 rings (SSSR count). The van der Waals surface area contributed by atoms with E-state index in [9.17, 15) is 4.79 Å². The van der Waals surface area contributed by atoms with Crippen molar-refractivity contribution in [2.75, 3.05) is 0 Å². The zero-order chi connectivity index (χ0) is 9.68. The van der Waals surface area contributed by atoms with Crippen molar-refractivity contribution < 1.29 is 15.6 Å². The van der Waals surface area contributed by atoms with E-state index in [2.05, 4.69) is 5.73 Å². The van der Waals surface area contributed by atoms with Gasteiger partial charge >= 0.3 is 5.97 Å². The van der Waals surface area contributed by atoms with Gasteiger partial charge in [-0.3, -0.25) is 4.79 Å². The molecular formula is C10H14NO2+. The predicted octanol–water partition coefficient (Wildman–Crippen LogP) is 0.967. The minimum Gasteiger partial charge on any atom is -0.481 e. The smallest absolute Gasteiger partial charge is 0.303 e. The van der Waals surface area contributed by atoms with Crippen LogP contribution in [0.5, 0.6) is 0 Å². The molecule has 0 bridgehead atoms. The van der Waals surface area contributed by atoms with Crippen molar-refractivity contribution in [3.63, 3.8) is 0 Å². The highest BCUT2D eigenvalue weighted by Crippen LogP contribution is 2.07. The molecule has 0 radical (unpaired) electrons. The van der Waals surface area contributed by atoms with Crippen LogP contribution in [0.25, 0.3) is 0 Å². The summed E-state index contributed by atoms with van der Waals surface area (Å²) in [5, 5.41) is 8.43. The monoisotopic (exact) mass is 180 g/mol. The maximum Gasteiger partial charge on any atom is 0.303 e. The standard InChI is InChI=1S/C10H13NO2/c11-9-6-4-8(5-7-9)2-1-3-10(12)13/h4-7H,1-3,11H2,(H,12,13)/p+1. The summed E-state index contributed by atoms with van der Waals surface area (Å²) in [6.07, 6.45) is 1.77. The lowest BCUT2D eigenvalue weighted by atomic mass is 10.1. The van der Waals surface area contributed by atoms with Crippen LogP contribution in [-0.4, -0.2) is 11.1 Å². The number of benzene rings is 1. The normalized spacial score (nSPS) is 9.92. The molecule has 0 unspecified atom stereocenters. The number of aliphatic carboxylic acids is 1. The zero-order valence-electron chi connectivity index (χ0n) is 7.49. The molecule has 1 aromatic rings. The van der Waals surface area contributed by atoms with E-state index in [1.165, 1.54) is 5.56 Å². The Hall–Kier alpha value is -1.35. The van der Waals surface area contributed by atoms with Gasteiger partial charge in [0.1, 0.15) is 5.69 Å². The molecule has 0 spiro atoms. The van der Waals surface area contributed by atoms with Crippen LogP contribution in [0, 0.1) is 0 Å². The minimum absolute atomic E-state index is 0.242. The van der Waals surface area contributed by atoms with Gasteiger partial charge in [-0.05, 0) is 30.5 Å². The average molecular weight is 180 g/mol. The molecule has 13 heavy (non-hydrogen) atoms. The Morgan fingerprint density at radius 1 is 1.31 bits per heavy atom. The largest absolute Gasteiger partial charge is 0.481 e. The van der Waals surface area contributed by atoms with Gasteiger partial charge in [0.2, 0.25) is 0 Å². The van der Waals surface area contributed by atoms with Crippen LogP contribution in [0.4, 0.5) is 5.69 Å². The molecule has 0 aliphatic rings. The summed E-state index contributed by atoms with van der Waals surface area (Å²) >= 11 is 0. The highest BCUT2D eigenvalue weighted by molar-refractivity contribution is 5.66. The van der Waals surface area contributed by atoms with E-state index in [4.69, 9.17) is 5.11 Å². The molecule has 3 heteroatoms. The molecule has 0 amide bonds. The van der Waals surface area contributed by atoms with Crippen molar-refractivity contribution >= 4 is 11.7 Å². The van der Waals surface area contributed by atoms with Crippen LogP contribution < -0.4 is 5.73 Å². The second-order valence-electron chi connectivity index (χ2n) is 3.06. The number of hydrogen-bond acceptors (Lipinski definition) is 1. The number of carbonyl (C=O) groups is 1. The summed E-state index contributed by atoms with van der Waals surface area (Å²) in [5.41, 5.74) is 5.94. The second-order valence-corrected chi connectivity index (χ2v) is 3.06. The van der Waals surface area contributed by atoms with Crippen molar-refractivity contribution in [1.82, 2.24) is 0 Å². The quantitative estimate of drug-likeness (QED) is 0.725. The van der Waals surface area contributed by atoms with E-state index in [-0.39, 0.29) is 6.42 Å². The maximum atomic E-state index is 10.2. The first-order valence-electron chi connectivity index (χ1n) is 4.31. The lowest BCUT2D eigenvalue weighted by molar-refractivity contribution is -0.254. The minimum atomic E-state index is -0.728. The van der Waals surface area contributed by atoms with Crippen LogP contribution in [-0.2, 0) is 11.2 Å². The van der Waals surface area contributed by atoms with Gasteiger partial charge in [0.25, 0.3) is 0 Å². The van der Waals surface area contributed by atoms with Gasteiger partial charge in [0, 0.05) is 6.42 Å². The summed E-state index contributed by atoms with van der Waals surface area (Å²) in [4.78, 5) is 10.2. The van der Waals surface area contributed by atoms with E-state index in [0.717, 1.165) is 12.1 Å². The fourth-order valence-electron chi connectivity index (χ4n) is 1.15. The Morgan fingerprint density at radius 3 is 2.46 bits per heavy atom. The highest BCUT2D eigenvalue weighted by atomic mass is 16.4. The molecule has 0 saturated heterocycles. The molecule has 0 aliphatic heterocycles. The number of rotatable bonds is 4.